The lowest BCUT2D eigenvalue weighted by Gasteiger charge is -2.30. The van der Waals surface area contributed by atoms with Crippen LogP contribution in [0, 0.1) is 10.8 Å². The van der Waals surface area contributed by atoms with Gasteiger partial charge >= 0.3 is 5.97 Å². The molecule has 0 aliphatic heterocycles. The van der Waals surface area contributed by atoms with Crippen LogP contribution in [0.3, 0.4) is 0 Å². The molecule has 0 unspecified atom stereocenters. The predicted molar refractivity (Wildman–Crippen MR) is 113 cm³/mol. The van der Waals surface area contributed by atoms with Crippen LogP contribution < -0.4 is 0 Å². The van der Waals surface area contributed by atoms with E-state index in [0.29, 0.717) is 5.78 Å². The molecular formula is C25H28O3. The summed E-state index contributed by atoms with van der Waals surface area (Å²) in [7, 11) is 0. The summed E-state index contributed by atoms with van der Waals surface area (Å²) in [6.07, 6.45) is 3.58. The zero-order valence-corrected chi connectivity index (χ0v) is 17.3. The van der Waals surface area contributed by atoms with Crippen molar-refractivity contribution >= 4 is 23.4 Å². The van der Waals surface area contributed by atoms with E-state index in [1.54, 1.807) is 12.1 Å². The van der Waals surface area contributed by atoms with Crippen molar-refractivity contribution in [1.29, 1.82) is 0 Å². The van der Waals surface area contributed by atoms with Gasteiger partial charge in [0.05, 0.1) is 5.56 Å². The summed E-state index contributed by atoms with van der Waals surface area (Å²) in [4.78, 5) is 23.9. The van der Waals surface area contributed by atoms with Gasteiger partial charge in [0.2, 0.25) is 0 Å². The largest absolute Gasteiger partial charge is 0.478 e. The molecule has 3 heteroatoms. The van der Waals surface area contributed by atoms with E-state index in [0.717, 1.165) is 29.5 Å². The van der Waals surface area contributed by atoms with Crippen molar-refractivity contribution in [2.45, 2.75) is 47.5 Å². The van der Waals surface area contributed by atoms with Gasteiger partial charge in [-0.05, 0) is 59.7 Å². The summed E-state index contributed by atoms with van der Waals surface area (Å²) in [5, 5.41) is 9.03. The Morgan fingerprint density at radius 2 is 1.43 bits per heavy atom. The molecule has 0 saturated heterocycles. The standard InChI is InChI=1S/C25H28O3/c1-16(12-17-6-8-18(9-7-17)22(26)27)19-10-11-20-14-24(2,3)23(28)25(4,5)15-21(20)13-19/h6-13H,14-15H2,1-5H3,(H,26,27)/b16-12+. The third-order valence-electron chi connectivity index (χ3n) is 5.70. The van der Waals surface area contributed by atoms with E-state index in [1.165, 1.54) is 11.1 Å². The SMILES string of the molecule is C/C(=C\c1ccc(C(=O)O)cc1)c1ccc2c(c1)CC(C)(C)C(=O)C(C)(C)C2. The second kappa shape index (κ2) is 7.05. The molecule has 1 aliphatic carbocycles. The Labute approximate surface area is 167 Å². The maximum absolute atomic E-state index is 12.9. The van der Waals surface area contributed by atoms with Crippen molar-refractivity contribution < 1.29 is 14.7 Å². The second-order valence-electron chi connectivity index (χ2n) is 9.19. The monoisotopic (exact) mass is 376 g/mol. The Morgan fingerprint density at radius 1 is 0.893 bits per heavy atom. The Hall–Kier alpha value is -2.68. The van der Waals surface area contributed by atoms with Crippen LogP contribution in [0.1, 0.15) is 67.2 Å². The highest BCUT2D eigenvalue weighted by Crippen LogP contribution is 2.40. The number of carboxylic acids is 1. The van der Waals surface area contributed by atoms with Gasteiger partial charge in [-0.2, -0.15) is 0 Å². The Balaban J connectivity index is 1.95. The fourth-order valence-corrected chi connectivity index (χ4v) is 4.29. The van der Waals surface area contributed by atoms with Crippen molar-refractivity contribution in [3.63, 3.8) is 0 Å². The summed E-state index contributed by atoms with van der Waals surface area (Å²) in [5.41, 5.74) is 5.26. The van der Waals surface area contributed by atoms with Crippen molar-refractivity contribution in [1.82, 2.24) is 0 Å². The lowest BCUT2D eigenvalue weighted by molar-refractivity contribution is -0.135. The normalized spacial score (nSPS) is 18.3. The first-order valence-electron chi connectivity index (χ1n) is 9.68. The molecule has 0 atom stereocenters. The van der Waals surface area contributed by atoms with Gasteiger partial charge in [-0.15, -0.1) is 0 Å². The van der Waals surface area contributed by atoms with Crippen LogP contribution in [0.4, 0.5) is 0 Å². The summed E-state index contributed by atoms with van der Waals surface area (Å²) >= 11 is 0. The van der Waals surface area contributed by atoms with Crippen LogP contribution in [-0.4, -0.2) is 16.9 Å². The van der Waals surface area contributed by atoms with E-state index in [-0.39, 0.29) is 16.4 Å². The molecule has 2 aromatic rings. The maximum atomic E-state index is 12.9. The molecule has 1 aliphatic rings. The van der Waals surface area contributed by atoms with Crippen molar-refractivity contribution in [3.05, 3.63) is 70.3 Å². The first kappa shape index (κ1) is 20.1. The van der Waals surface area contributed by atoms with Gasteiger partial charge in [0, 0.05) is 10.8 Å². The van der Waals surface area contributed by atoms with Gasteiger partial charge in [0.15, 0.2) is 0 Å². The number of aromatic carboxylic acids is 1. The molecule has 2 aromatic carbocycles. The smallest absolute Gasteiger partial charge is 0.335 e. The molecule has 0 fully saturated rings. The zero-order valence-electron chi connectivity index (χ0n) is 17.3. The molecule has 0 heterocycles. The molecule has 0 spiro atoms. The van der Waals surface area contributed by atoms with E-state index < -0.39 is 5.97 Å². The molecule has 0 amide bonds. The Kier molecular flexibility index (Phi) is 5.05. The number of carbonyl (C=O) groups is 2. The zero-order chi connectivity index (χ0) is 20.7. The molecule has 3 nitrogen and oxygen atoms in total. The molecule has 0 aromatic heterocycles. The molecule has 0 radical (unpaired) electrons. The summed E-state index contributed by atoms with van der Waals surface area (Å²) in [6.45, 7) is 10.2. The maximum Gasteiger partial charge on any atom is 0.335 e. The number of fused-ring (bicyclic) bond motifs is 1. The number of ketones is 1. The van der Waals surface area contributed by atoms with Crippen LogP contribution in [0.15, 0.2) is 42.5 Å². The highest BCUT2D eigenvalue weighted by atomic mass is 16.4. The fraction of sp³-hybridized carbons (Fsp3) is 0.360. The van der Waals surface area contributed by atoms with Gasteiger partial charge in [-0.1, -0.05) is 64.1 Å². The Morgan fingerprint density at radius 3 is 2.00 bits per heavy atom. The van der Waals surface area contributed by atoms with E-state index in [4.69, 9.17) is 5.11 Å². The first-order valence-corrected chi connectivity index (χ1v) is 9.68. The Bertz CT molecular complexity index is 960. The predicted octanol–water partition coefficient (Wildman–Crippen LogP) is 5.67. The minimum Gasteiger partial charge on any atom is -0.478 e. The van der Waals surface area contributed by atoms with E-state index in [1.807, 2.05) is 39.8 Å². The number of carbonyl (C=O) groups excluding carboxylic acids is 1. The lowest BCUT2D eigenvalue weighted by atomic mass is 9.72. The highest BCUT2D eigenvalue weighted by molar-refractivity contribution is 5.91. The number of hydrogen-bond donors (Lipinski definition) is 1. The first-order chi connectivity index (χ1) is 13.0. The number of benzene rings is 2. The fourth-order valence-electron chi connectivity index (χ4n) is 4.29. The van der Waals surface area contributed by atoms with Crippen molar-refractivity contribution in [3.8, 4) is 0 Å². The van der Waals surface area contributed by atoms with E-state index in [9.17, 15) is 9.59 Å². The molecule has 146 valence electrons. The number of hydrogen-bond acceptors (Lipinski definition) is 2. The van der Waals surface area contributed by atoms with Crippen LogP contribution in [0.2, 0.25) is 0 Å². The van der Waals surface area contributed by atoms with Crippen LogP contribution in [-0.2, 0) is 17.6 Å². The van der Waals surface area contributed by atoms with Crippen molar-refractivity contribution in [2.75, 3.05) is 0 Å². The molecule has 0 saturated carbocycles. The van der Waals surface area contributed by atoms with E-state index >= 15 is 0 Å². The molecular weight excluding hydrogens is 348 g/mol. The minimum atomic E-state index is -0.918. The topological polar surface area (TPSA) is 54.4 Å². The van der Waals surface area contributed by atoms with Crippen LogP contribution >= 0.6 is 0 Å². The van der Waals surface area contributed by atoms with Gasteiger partial charge in [-0.3, -0.25) is 4.79 Å². The lowest BCUT2D eigenvalue weighted by Crippen LogP contribution is -2.37. The van der Waals surface area contributed by atoms with Gasteiger partial charge < -0.3 is 5.11 Å². The van der Waals surface area contributed by atoms with Gasteiger partial charge in [0.25, 0.3) is 0 Å². The number of rotatable bonds is 3. The number of allylic oxidation sites excluding steroid dienone is 1. The molecule has 28 heavy (non-hydrogen) atoms. The van der Waals surface area contributed by atoms with Crippen molar-refractivity contribution in [2.24, 2.45) is 10.8 Å². The van der Waals surface area contributed by atoms with Gasteiger partial charge in [-0.25, -0.2) is 4.79 Å². The average molecular weight is 376 g/mol. The number of Topliss-reactive ketones (excluding diaryl/α,β-unsaturated/α-hetero) is 1. The number of carboxylic acid groups (broad SMARTS) is 1. The highest BCUT2D eigenvalue weighted by Gasteiger charge is 2.42. The minimum absolute atomic E-state index is 0.286. The van der Waals surface area contributed by atoms with Gasteiger partial charge in [0.1, 0.15) is 5.78 Å². The molecule has 0 bridgehead atoms. The quantitative estimate of drug-likeness (QED) is 0.555. The third-order valence-corrected chi connectivity index (χ3v) is 5.70. The molecule has 3 rings (SSSR count). The molecule has 1 N–H and O–H groups in total. The second-order valence-corrected chi connectivity index (χ2v) is 9.19. The van der Waals surface area contributed by atoms with Crippen LogP contribution in [0.5, 0.6) is 0 Å². The van der Waals surface area contributed by atoms with E-state index in [2.05, 4.69) is 31.2 Å². The average Bonchev–Trinajstić information content (AvgIpc) is 2.68. The summed E-state index contributed by atoms with van der Waals surface area (Å²) < 4.78 is 0. The van der Waals surface area contributed by atoms with Crippen LogP contribution in [0.25, 0.3) is 11.6 Å². The summed E-state index contributed by atoms with van der Waals surface area (Å²) in [6, 6.07) is 13.4. The third kappa shape index (κ3) is 3.94. The summed E-state index contributed by atoms with van der Waals surface area (Å²) in [5.74, 6) is -0.596.